The van der Waals surface area contributed by atoms with E-state index in [2.05, 4.69) is 15.6 Å². The van der Waals surface area contributed by atoms with Crippen molar-refractivity contribution < 1.29 is 14.7 Å². The van der Waals surface area contributed by atoms with Crippen LogP contribution in [0.2, 0.25) is 0 Å². The van der Waals surface area contributed by atoms with E-state index in [1.165, 1.54) is 11.3 Å². The van der Waals surface area contributed by atoms with Crippen LogP contribution in [-0.2, 0) is 4.79 Å². The first-order valence-corrected chi connectivity index (χ1v) is 7.95. The number of aromatic nitrogens is 1. The zero-order valence-electron chi connectivity index (χ0n) is 12.3. The van der Waals surface area contributed by atoms with Gasteiger partial charge in [0.2, 0.25) is 0 Å². The second-order valence-corrected chi connectivity index (χ2v) is 6.92. The highest BCUT2D eigenvalue weighted by Crippen LogP contribution is 2.37. The number of urea groups is 1. The molecule has 0 bridgehead atoms. The predicted octanol–water partition coefficient (Wildman–Crippen LogP) is 2.46. The molecule has 1 unspecified atom stereocenters. The van der Waals surface area contributed by atoms with Crippen molar-refractivity contribution in [1.82, 2.24) is 15.6 Å². The summed E-state index contributed by atoms with van der Waals surface area (Å²) in [5.41, 5.74) is -0.793. The Hall–Kier alpha value is -1.63. The van der Waals surface area contributed by atoms with Crippen molar-refractivity contribution in [3.63, 3.8) is 0 Å². The molecule has 0 spiro atoms. The fourth-order valence-corrected chi connectivity index (χ4v) is 3.43. The van der Waals surface area contributed by atoms with Crippen molar-refractivity contribution in [2.24, 2.45) is 5.41 Å². The molecule has 0 aromatic carbocycles. The van der Waals surface area contributed by atoms with E-state index in [1.807, 2.05) is 13.8 Å². The van der Waals surface area contributed by atoms with Gasteiger partial charge in [-0.05, 0) is 26.7 Å². The van der Waals surface area contributed by atoms with E-state index in [4.69, 9.17) is 0 Å². The van der Waals surface area contributed by atoms with Gasteiger partial charge < -0.3 is 15.7 Å². The average molecular weight is 311 g/mol. The lowest BCUT2D eigenvalue weighted by Gasteiger charge is -2.24. The molecular weight excluding hydrogens is 290 g/mol. The van der Waals surface area contributed by atoms with Crippen LogP contribution in [0.3, 0.4) is 0 Å². The Morgan fingerprint density at radius 3 is 2.67 bits per heavy atom. The molecule has 1 saturated carbocycles. The molecule has 1 aliphatic rings. The minimum absolute atomic E-state index is 0.178. The lowest BCUT2D eigenvalue weighted by atomic mass is 9.86. The van der Waals surface area contributed by atoms with Crippen LogP contribution in [0.25, 0.3) is 0 Å². The van der Waals surface area contributed by atoms with Gasteiger partial charge in [-0.1, -0.05) is 12.8 Å². The number of hydrogen-bond donors (Lipinski definition) is 3. The van der Waals surface area contributed by atoms with Gasteiger partial charge in [0.25, 0.3) is 0 Å². The molecule has 6 nitrogen and oxygen atoms in total. The number of carboxylic acid groups (broad SMARTS) is 1. The Bertz CT molecular complexity index is 523. The lowest BCUT2D eigenvalue weighted by molar-refractivity contribution is -0.148. The topological polar surface area (TPSA) is 91.3 Å². The first kappa shape index (κ1) is 15.8. The van der Waals surface area contributed by atoms with Gasteiger partial charge in [-0.25, -0.2) is 9.78 Å². The molecule has 21 heavy (non-hydrogen) atoms. The molecule has 1 fully saturated rings. The van der Waals surface area contributed by atoms with Crippen LogP contribution in [0.5, 0.6) is 0 Å². The first-order valence-electron chi connectivity index (χ1n) is 7.13. The molecule has 116 valence electrons. The van der Waals surface area contributed by atoms with Gasteiger partial charge in [0, 0.05) is 17.6 Å². The molecule has 2 rings (SSSR count). The van der Waals surface area contributed by atoms with Crippen molar-refractivity contribution >= 4 is 23.3 Å². The number of carbonyl (C=O) groups excluding carboxylic acids is 1. The van der Waals surface area contributed by atoms with E-state index in [0.29, 0.717) is 12.8 Å². The number of carbonyl (C=O) groups is 2. The van der Waals surface area contributed by atoms with E-state index < -0.39 is 11.4 Å². The van der Waals surface area contributed by atoms with Gasteiger partial charge in [-0.15, -0.1) is 11.3 Å². The van der Waals surface area contributed by atoms with Crippen LogP contribution in [0, 0.1) is 12.3 Å². The van der Waals surface area contributed by atoms with Gasteiger partial charge in [0.05, 0.1) is 11.5 Å². The Balaban J connectivity index is 1.85. The number of carboxylic acids is 1. The Labute approximate surface area is 128 Å². The third-order valence-electron chi connectivity index (χ3n) is 3.96. The van der Waals surface area contributed by atoms with Crippen LogP contribution in [0.1, 0.15) is 48.5 Å². The van der Waals surface area contributed by atoms with Gasteiger partial charge in [0.1, 0.15) is 5.01 Å². The number of thiazole rings is 1. The SMILES string of the molecule is Cc1cnc(C(C)NC(=O)NCC2(C(=O)O)CCCC2)s1. The molecule has 7 heteroatoms. The maximum absolute atomic E-state index is 11.9. The first-order chi connectivity index (χ1) is 9.93. The van der Waals surface area contributed by atoms with Crippen molar-refractivity contribution in [3.8, 4) is 0 Å². The molecule has 3 N–H and O–H groups in total. The molecule has 0 radical (unpaired) electrons. The van der Waals surface area contributed by atoms with Crippen molar-refractivity contribution in [2.75, 3.05) is 6.54 Å². The zero-order valence-corrected chi connectivity index (χ0v) is 13.1. The van der Waals surface area contributed by atoms with Crippen LogP contribution in [0.4, 0.5) is 4.79 Å². The van der Waals surface area contributed by atoms with Gasteiger partial charge >= 0.3 is 12.0 Å². The normalized spacial score (nSPS) is 18.2. The van der Waals surface area contributed by atoms with E-state index in [1.54, 1.807) is 6.20 Å². The summed E-state index contributed by atoms with van der Waals surface area (Å²) < 4.78 is 0. The molecule has 2 amide bonds. The van der Waals surface area contributed by atoms with E-state index in [-0.39, 0.29) is 18.6 Å². The molecular formula is C14H21N3O3S. The van der Waals surface area contributed by atoms with Gasteiger partial charge in [0.15, 0.2) is 0 Å². The van der Waals surface area contributed by atoms with Gasteiger partial charge in [-0.2, -0.15) is 0 Å². The number of amides is 2. The fraction of sp³-hybridized carbons (Fsp3) is 0.643. The standard InChI is InChI=1S/C14H21N3O3S/c1-9-7-15-11(21-9)10(2)17-13(20)16-8-14(12(18)19)5-3-4-6-14/h7,10H,3-6,8H2,1-2H3,(H,18,19)(H2,16,17,20). The molecule has 1 atom stereocenters. The highest BCUT2D eigenvalue weighted by molar-refractivity contribution is 7.11. The molecule has 0 aliphatic heterocycles. The number of aryl methyl sites for hydroxylation is 1. The molecule has 1 aromatic heterocycles. The Morgan fingerprint density at radius 1 is 1.48 bits per heavy atom. The second kappa shape index (κ2) is 6.43. The van der Waals surface area contributed by atoms with Crippen LogP contribution in [-0.4, -0.2) is 28.6 Å². The summed E-state index contributed by atoms with van der Waals surface area (Å²) in [6, 6.07) is -0.532. The van der Waals surface area contributed by atoms with Crippen molar-refractivity contribution in [2.45, 2.75) is 45.6 Å². The monoisotopic (exact) mass is 311 g/mol. The summed E-state index contributed by atoms with van der Waals surface area (Å²) in [6.45, 7) is 4.00. The summed E-state index contributed by atoms with van der Waals surface area (Å²) >= 11 is 1.54. The summed E-state index contributed by atoms with van der Waals surface area (Å²) in [5.74, 6) is -0.816. The van der Waals surface area contributed by atoms with Crippen LogP contribution in [0.15, 0.2) is 6.20 Å². The molecule has 1 aromatic rings. The summed E-state index contributed by atoms with van der Waals surface area (Å²) in [6.07, 6.45) is 4.84. The van der Waals surface area contributed by atoms with Crippen LogP contribution >= 0.6 is 11.3 Å². The quantitative estimate of drug-likeness (QED) is 0.779. The van der Waals surface area contributed by atoms with E-state index in [9.17, 15) is 14.7 Å². The molecule has 1 heterocycles. The number of hydrogen-bond acceptors (Lipinski definition) is 4. The Kier molecular flexibility index (Phi) is 4.82. The number of rotatable bonds is 5. The average Bonchev–Trinajstić information content (AvgIpc) is 3.06. The minimum atomic E-state index is -0.816. The van der Waals surface area contributed by atoms with E-state index >= 15 is 0 Å². The van der Waals surface area contributed by atoms with Crippen molar-refractivity contribution in [1.29, 1.82) is 0 Å². The maximum Gasteiger partial charge on any atom is 0.315 e. The number of nitrogens with one attached hydrogen (secondary N) is 2. The molecule has 1 aliphatic carbocycles. The summed E-state index contributed by atoms with van der Waals surface area (Å²) in [4.78, 5) is 28.6. The summed E-state index contributed by atoms with van der Waals surface area (Å²) in [5, 5.41) is 15.7. The van der Waals surface area contributed by atoms with Crippen LogP contribution < -0.4 is 10.6 Å². The number of aliphatic carboxylic acids is 1. The van der Waals surface area contributed by atoms with E-state index in [0.717, 1.165) is 22.7 Å². The minimum Gasteiger partial charge on any atom is -0.481 e. The highest BCUT2D eigenvalue weighted by atomic mass is 32.1. The zero-order chi connectivity index (χ0) is 15.5. The van der Waals surface area contributed by atoms with Crippen molar-refractivity contribution in [3.05, 3.63) is 16.1 Å². The third-order valence-corrected chi connectivity index (χ3v) is 5.05. The number of nitrogens with zero attached hydrogens (tertiary/aromatic N) is 1. The Morgan fingerprint density at radius 2 is 2.14 bits per heavy atom. The summed E-state index contributed by atoms with van der Waals surface area (Å²) in [7, 11) is 0. The maximum atomic E-state index is 11.9. The third kappa shape index (κ3) is 3.72. The highest BCUT2D eigenvalue weighted by Gasteiger charge is 2.41. The largest absolute Gasteiger partial charge is 0.481 e. The predicted molar refractivity (Wildman–Crippen MR) is 80.3 cm³/mol. The smallest absolute Gasteiger partial charge is 0.315 e. The van der Waals surface area contributed by atoms with Gasteiger partial charge in [-0.3, -0.25) is 4.79 Å². The fourth-order valence-electron chi connectivity index (χ4n) is 2.65. The second-order valence-electron chi connectivity index (χ2n) is 5.65. The lowest BCUT2D eigenvalue weighted by Crippen LogP contribution is -2.45. The molecule has 0 saturated heterocycles.